The topological polar surface area (TPSA) is 67.9 Å². The molecule has 1 saturated heterocycles. The minimum Gasteiger partial charge on any atom is -0.494 e. The molecule has 21 heavy (non-hydrogen) atoms. The molecule has 0 aromatic heterocycles. The Kier molecular flexibility index (Phi) is 4.18. The van der Waals surface area contributed by atoms with Gasteiger partial charge in [0.1, 0.15) is 5.54 Å². The van der Waals surface area contributed by atoms with Gasteiger partial charge >= 0.3 is 0 Å². The number of rotatable bonds is 4. The molecular weight excluding hydrogens is 272 g/mol. The van der Waals surface area contributed by atoms with E-state index in [9.17, 15) is 9.59 Å². The van der Waals surface area contributed by atoms with Crippen LogP contribution in [0.4, 0.5) is 0 Å². The molecule has 1 atom stereocenters. The summed E-state index contributed by atoms with van der Waals surface area (Å²) in [6.07, 6.45) is 5.77. The molecule has 0 aromatic rings. The van der Waals surface area contributed by atoms with Gasteiger partial charge in [-0.15, -0.1) is 0 Å². The SMILES string of the molecule is COC1=C(OC)[C@]2(/C=C/NC(C)=O)C(=CC1=O)CCN2C. The van der Waals surface area contributed by atoms with Gasteiger partial charge in [0.25, 0.3) is 0 Å². The van der Waals surface area contributed by atoms with E-state index in [0.29, 0.717) is 5.76 Å². The van der Waals surface area contributed by atoms with Crippen molar-refractivity contribution in [1.82, 2.24) is 10.2 Å². The van der Waals surface area contributed by atoms with Crippen LogP contribution >= 0.6 is 0 Å². The fourth-order valence-corrected chi connectivity index (χ4v) is 2.94. The number of methoxy groups -OCH3 is 2. The van der Waals surface area contributed by atoms with E-state index < -0.39 is 5.54 Å². The molecule has 0 aromatic carbocycles. The summed E-state index contributed by atoms with van der Waals surface area (Å²) in [4.78, 5) is 25.3. The Bertz CT molecular complexity index is 562. The number of ketones is 1. The van der Waals surface area contributed by atoms with Gasteiger partial charge in [0.05, 0.1) is 14.2 Å². The van der Waals surface area contributed by atoms with Crippen LogP contribution in [0.1, 0.15) is 13.3 Å². The van der Waals surface area contributed by atoms with Gasteiger partial charge in [-0.05, 0) is 31.2 Å². The maximum absolute atomic E-state index is 12.1. The Morgan fingerprint density at radius 2 is 2.14 bits per heavy atom. The number of allylic oxidation sites excluding steroid dienone is 1. The molecule has 1 amide bonds. The highest BCUT2D eigenvalue weighted by atomic mass is 16.5. The third-order valence-corrected chi connectivity index (χ3v) is 3.91. The lowest BCUT2D eigenvalue weighted by Crippen LogP contribution is -2.46. The van der Waals surface area contributed by atoms with E-state index in [4.69, 9.17) is 9.47 Å². The fraction of sp³-hybridized carbons (Fsp3) is 0.467. The van der Waals surface area contributed by atoms with Crippen molar-refractivity contribution in [3.05, 3.63) is 35.4 Å². The van der Waals surface area contributed by atoms with Crippen molar-refractivity contribution in [2.24, 2.45) is 0 Å². The monoisotopic (exact) mass is 292 g/mol. The predicted molar refractivity (Wildman–Crippen MR) is 77.1 cm³/mol. The highest BCUT2D eigenvalue weighted by Crippen LogP contribution is 2.44. The van der Waals surface area contributed by atoms with Gasteiger partial charge in [0.2, 0.25) is 17.4 Å². The van der Waals surface area contributed by atoms with Crippen molar-refractivity contribution in [2.75, 3.05) is 27.8 Å². The molecular formula is C15H20N2O4. The average Bonchev–Trinajstić information content (AvgIpc) is 2.74. The van der Waals surface area contributed by atoms with Crippen molar-refractivity contribution in [3.8, 4) is 0 Å². The van der Waals surface area contributed by atoms with Crippen molar-refractivity contribution in [3.63, 3.8) is 0 Å². The van der Waals surface area contributed by atoms with Gasteiger partial charge in [-0.2, -0.15) is 0 Å². The van der Waals surface area contributed by atoms with Crippen LogP contribution < -0.4 is 5.32 Å². The van der Waals surface area contributed by atoms with Crippen LogP contribution in [0.15, 0.2) is 35.4 Å². The summed E-state index contributed by atoms with van der Waals surface area (Å²) in [5.41, 5.74) is 0.255. The second-order valence-electron chi connectivity index (χ2n) is 5.07. The zero-order chi connectivity index (χ0) is 15.6. The van der Waals surface area contributed by atoms with Gasteiger partial charge in [-0.25, -0.2) is 0 Å². The summed E-state index contributed by atoms with van der Waals surface area (Å²) in [7, 11) is 4.91. The molecule has 0 bridgehead atoms. The Labute approximate surface area is 124 Å². The number of carbonyl (C=O) groups excluding carboxylic acids is 2. The Morgan fingerprint density at radius 3 is 2.71 bits per heavy atom. The van der Waals surface area contributed by atoms with E-state index in [1.54, 1.807) is 12.3 Å². The standard InChI is InChI=1S/C15H20N2O4/c1-10(18)16-7-6-15-11(5-8-17(15)2)9-12(19)13(20-3)14(15)21-4/h6-7,9H,5,8H2,1-4H3,(H,16,18)/b7-6+/t15-/m0/s1. The van der Waals surface area contributed by atoms with Crippen LogP contribution in [0.2, 0.25) is 0 Å². The average molecular weight is 292 g/mol. The summed E-state index contributed by atoms with van der Waals surface area (Å²) < 4.78 is 10.7. The van der Waals surface area contributed by atoms with Gasteiger partial charge in [-0.3, -0.25) is 14.5 Å². The first-order chi connectivity index (χ1) is 9.97. The summed E-state index contributed by atoms with van der Waals surface area (Å²) >= 11 is 0. The number of nitrogens with zero attached hydrogens (tertiary/aromatic N) is 1. The van der Waals surface area contributed by atoms with Crippen LogP contribution in [0.3, 0.4) is 0 Å². The summed E-state index contributed by atoms with van der Waals surface area (Å²) in [5, 5.41) is 2.63. The van der Waals surface area contributed by atoms with Gasteiger partial charge in [0.15, 0.2) is 5.76 Å². The lowest BCUT2D eigenvalue weighted by Gasteiger charge is -2.38. The first-order valence-corrected chi connectivity index (χ1v) is 6.71. The fourth-order valence-electron chi connectivity index (χ4n) is 2.94. The largest absolute Gasteiger partial charge is 0.494 e. The lowest BCUT2D eigenvalue weighted by molar-refractivity contribution is -0.118. The van der Waals surface area contributed by atoms with Crippen LogP contribution in [-0.4, -0.2) is 49.9 Å². The smallest absolute Gasteiger partial charge is 0.224 e. The summed E-state index contributed by atoms with van der Waals surface area (Å²) in [5.74, 6) is 0.301. The quantitative estimate of drug-likeness (QED) is 0.827. The minimum atomic E-state index is -0.684. The number of hydrogen-bond acceptors (Lipinski definition) is 5. The normalized spacial score (nSPS) is 25.9. The Balaban J connectivity index is 2.55. The molecule has 0 unspecified atom stereocenters. The molecule has 2 aliphatic rings. The Morgan fingerprint density at radius 1 is 1.43 bits per heavy atom. The van der Waals surface area contributed by atoms with Crippen molar-refractivity contribution in [2.45, 2.75) is 18.9 Å². The number of carbonyl (C=O) groups is 2. The van der Waals surface area contributed by atoms with Gasteiger partial charge in [-0.1, -0.05) is 0 Å². The molecule has 0 saturated carbocycles. The van der Waals surface area contributed by atoms with E-state index in [0.717, 1.165) is 18.5 Å². The molecule has 6 heteroatoms. The van der Waals surface area contributed by atoms with E-state index in [2.05, 4.69) is 10.2 Å². The van der Waals surface area contributed by atoms with E-state index in [-0.39, 0.29) is 17.4 Å². The second-order valence-corrected chi connectivity index (χ2v) is 5.07. The van der Waals surface area contributed by atoms with Crippen LogP contribution in [0.25, 0.3) is 0 Å². The second kappa shape index (κ2) is 5.73. The van der Waals surface area contributed by atoms with Crippen molar-refractivity contribution >= 4 is 11.7 Å². The molecule has 0 radical (unpaired) electrons. The lowest BCUT2D eigenvalue weighted by atomic mass is 9.82. The highest BCUT2D eigenvalue weighted by Gasteiger charge is 2.50. The molecule has 1 fully saturated rings. The first-order valence-electron chi connectivity index (χ1n) is 6.71. The third kappa shape index (κ3) is 2.35. The number of hydrogen-bond donors (Lipinski definition) is 1. The molecule has 1 aliphatic heterocycles. The number of amides is 1. The number of ether oxygens (including phenoxy) is 2. The predicted octanol–water partition coefficient (Wildman–Crippen LogP) is 0.724. The summed E-state index contributed by atoms with van der Waals surface area (Å²) in [6, 6.07) is 0. The molecule has 114 valence electrons. The molecule has 1 aliphatic carbocycles. The molecule has 0 spiro atoms. The van der Waals surface area contributed by atoms with E-state index >= 15 is 0 Å². The first kappa shape index (κ1) is 15.3. The molecule has 1 heterocycles. The van der Waals surface area contributed by atoms with Crippen LogP contribution in [-0.2, 0) is 19.1 Å². The zero-order valence-corrected chi connectivity index (χ0v) is 12.7. The number of fused-ring (bicyclic) bond motifs is 1. The Hall–Kier alpha value is -2.08. The summed E-state index contributed by atoms with van der Waals surface area (Å²) in [6.45, 7) is 2.22. The van der Waals surface area contributed by atoms with Gasteiger partial charge < -0.3 is 14.8 Å². The van der Waals surface area contributed by atoms with E-state index in [1.807, 2.05) is 13.1 Å². The maximum atomic E-state index is 12.1. The highest BCUT2D eigenvalue weighted by molar-refractivity contribution is 6.05. The van der Waals surface area contributed by atoms with Crippen molar-refractivity contribution < 1.29 is 19.1 Å². The number of likely N-dealkylation sites (tertiary alicyclic amines) is 1. The van der Waals surface area contributed by atoms with Crippen molar-refractivity contribution in [1.29, 1.82) is 0 Å². The number of nitrogens with one attached hydrogen (secondary N) is 1. The third-order valence-electron chi connectivity index (χ3n) is 3.91. The van der Waals surface area contributed by atoms with E-state index in [1.165, 1.54) is 21.1 Å². The maximum Gasteiger partial charge on any atom is 0.224 e. The zero-order valence-electron chi connectivity index (χ0n) is 12.7. The van der Waals surface area contributed by atoms with Gasteiger partial charge in [0, 0.05) is 19.7 Å². The number of likely N-dealkylation sites (N-methyl/N-ethyl adjacent to an activating group) is 1. The molecule has 6 nitrogen and oxygen atoms in total. The minimum absolute atomic E-state index is 0.157. The van der Waals surface area contributed by atoms with Crippen LogP contribution in [0, 0.1) is 0 Å². The van der Waals surface area contributed by atoms with Crippen LogP contribution in [0.5, 0.6) is 0 Å². The molecule has 1 N–H and O–H groups in total. The molecule has 2 rings (SSSR count).